The first-order valence-electron chi connectivity index (χ1n) is 20.0. The van der Waals surface area contributed by atoms with Crippen molar-refractivity contribution in [1.82, 2.24) is 0 Å². The molecule has 45 heavy (non-hydrogen) atoms. The molecule has 0 spiro atoms. The van der Waals surface area contributed by atoms with Crippen molar-refractivity contribution in [3.63, 3.8) is 0 Å². The molecule has 0 aromatic heterocycles. The number of rotatable bonds is 36. The molecule has 0 aliphatic heterocycles. The first-order chi connectivity index (χ1) is 21.8. The van der Waals surface area contributed by atoms with Crippen LogP contribution in [-0.4, -0.2) is 49.7 Å². The number of hydrogen-bond acceptors (Lipinski definition) is 4. The van der Waals surface area contributed by atoms with E-state index in [4.69, 9.17) is 4.74 Å². The Morgan fingerprint density at radius 1 is 0.511 bits per heavy atom. The summed E-state index contributed by atoms with van der Waals surface area (Å²) in [6, 6.07) is 0. The van der Waals surface area contributed by atoms with Gasteiger partial charge in [-0.2, -0.15) is 0 Å². The molecule has 0 heterocycles. The molecule has 1 unspecified atom stereocenters. The highest BCUT2D eigenvalue weighted by Gasteiger charge is 2.25. The van der Waals surface area contributed by atoms with Gasteiger partial charge in [-0.25, -0.2) is 0 Å². The van der Waals surface area contributed by atoms with Gasteiger partial charge in [-0.1, -0.05) is 187 Å². The van der Waals surface area contributed by atoms with Crippen molar-refractivity contribution in [2.45, 2.75) is 219 Å². The van der Waals surface area contributed by atoms with Gasteiger partial charge in [0.25, 0.3) is 0 Å². The minimum absolute atomic E-state index is 0.0637. The van der Waals surface area contributed by atoms with Gasteiger partial charge < -0.3 is 19.1 Å². The number of carbonyl (C=O) groups is 2. The van der Waals surface area contributed by atoms with Crippen molar-refractivity contribution in [3.05, 3.63) is 0 Å². The molecule has 0 bridgehead atoms. The van der Waals surface area contributed by atoms with Crippen molar-refractivity contribution in [3.8, 4) is 0 Å². The molecule has 0 saturated heterocycles. The van der Waals surface area contributed by atoms with E-state index in [9.17, 15) is 14.7 Å². The minimum atomic E-state index is -1.06. The Balaban J connectivity index is 4.01. The normalized spacial score (nSPS) is 12.4. The number of unbranched alkanes of at least 4 members (excludes halogenated alkanes) is 27. The Labute approximate surface area is 281 Å². The molecule has 0 aromatic rings. The van der Waals surface area contributed by atoms with Crippen LogP contribution in [0.15, 0.2) is 0 Å². The summed E-state index contributed by atoms with van der Waals surface area (Å²) in [7, 11) is 3.77. The molecule has 0 rings (SSSR count). The highest BCUT2D eigenvalue weighted by Crippen LogP contribution is 2.18. The molecule has 0 aromatic carbocycles. The van der Waals surface area contributed by atoms with E-state index in [-0.39, 0.29) is 23.1 Å². The first kappa shape index (κ1) is 43.9. The maximum absolute atomic E-state index is 12.7. The summed E-state index contributed by atoms with van der Waals surface area (Å²) >= 11 is 0. The topological polar surface area (TPSA) is 66.4 Å². The van der Waals surface area contributed by atoms with E-state index in [0.29, 0.717) is 13.0 Å². The zero-order valence-electron chi connectivity index (χ0n) is 31.0. The molecule has 0 radical (unpaired) electrons. The van der Waals surface area contributed by atoms with Crippen LogP contribution in [0.25, 0.3) is 0 Å². The predicted molar refractivity (Wildman–Crippen MR) is 191 cm³/mol. The van der Waals surface area contributed by atoms with Crippen LogP contribution < -0.4 is 5.11 Å². The van der Waals surface area contributed by atoms with Gasteiger partial charge in [0.05, 0.1) is 20.1 Å². The van der Waals surface area contributed by atoms with E-state index in [1.165, 1.54) is 161 Å². The van der Waals surface area contributed by atoms with Gasteiger partial charge in [0.15, 0.2) is 6.10 Å². The standard InChI is InChI=1S/C40H79NO4/c1-5-7-9-11-13-15-17-19-21-23-25-27-29-31-33-35-40(44)45-38(36-41(3,4)37-39(42)43)34-32-30-28-26-24-22-20-18-16-14-12-10-8-6-2/h38H,5-37H2,1-4H3. The summed E-state index contributed by atoms with van der Waals surface area (Å²) in [4.78, 5) is 23.9. The second-order valence-electron chi connectivity index (χ2n) is 14.8. The summed E-state index contributed by atoms with van der Waals surface area (Å²) in [5.74, 6) is -1.17. The van der Waals surface area contributed by atoms with Crippen molar-refractivity contribution >= 4 is 11.9 Å². The maximum Gasteiger partial charge on any atom is 0.306 e. The molecule has 0 amide bonds. The Kier molecular flexibility index (Phi) is 32.0. The van der Waals surface area contributed by atoms with Crippen LogP contribution in [0, 0.1) is 0 Å². The van der Waals surface area contributed by atoms with E-state index in [2.05, 4.69) is 13.8 Å². The zero-order valence-corrected chi connectivity index (χ0v) is 31.0. The summed E-state index contributed by atoms with van der Waals surface area (Å²) < 4.78 is 6.21. The molecular weight excluding hydrogens is 558 g/mol. The average molecular weight is 638 g/mol. The molecule has 0 N–H and O–H groups in total. The van der Waals surface area contributed by atoms with Crippen LogP contribution in [0.3, 0.4) is 0 Å². The summed E-state index contributed by atoms with van der Waals surface area (Å²) in [6.07, 6.45) is 39.2. The molecule has 5 nitrogen and oxygen atoms in total. The fourth-order valence-corrected chi connectivity index (χ4v) is 6.60. The third-order valence-corrected chi connectivity index (χ3v) is 9.42. The lowest BCUT2D eigenvalue weighted by atomic mass is 10.0. The number of hydrogen-bond donors (Lipinski definition) is 0. The number of aliphatic carboxylic acids is 1. The number of carbonyl (C=O) groups excluding carboxylic acids is 2. The lowest BCUT2D eigenvalue weighted by molar-refractivity contribution is -0.887. The SMILES string of the molecule is CCCCCCCCCCCCCCCCCC(=O)OC(CCCCCCCCCCCCCCCC)C[N+](C)(C)CC(=O)[O-]. The predicted octanol–water partition coefficient (Wildman–Crippen LogP) is 10.9. The zero-order chi connectivity index (χ0) is 33.3. The van der Waals surface area contributed by atoms with Crippen molar-refractivity contribution in [1.29, 1.82) is 0 Å². The van der Waals surface area contributed by atoms with Gasteiger partial charge in [-0.3, -0.25) is 4.79 Å². The van der Waals surface area contributed by atoms with Crippen LogP contribution in [-0.2, 0) is 14.3 Å². The number of carboxylic acid groups (broad SMARTS) is 1. The van der Waals surface area contributed by atoms with Crippen molar-refractivity contribution in [2.75, 3.05) is 27.2 Å². The summed E-state index contributed by atoms with van der Waals surface area (Å²) in [6.45, 7) is 5.01. The highest BCUT2D eigenvalue weighted by atomic mass is 16.5. The molecule has 0 aliphatic carbocycles. The smallest absolute Gasteiger partial charge is 0.306 e. The number of nitrogens with zero attached hydrogens (tertiary/aromatic N) is 1. The van der Waals surface area contributed by atoms with Crippen molar-refractivity contribution < 1.29 is 23.9 Å². The minimum Gasteiger partial charge on any atom is -0.544 e. The Bertz CT molecular complexity index is 650. The van der Waals surface area contributed by atoms with Gasteiger partial charge in [0.1, 0.15) is 13.1 Å². The molecule has 5 heteroatoms. The number of likely N-dealkylation sites (N-methyl/N-ethyl adjacent to an activating group) is 1. The molecule has 0 fully saturated rings. The fraction of sp³-hybridized carbons (Fsp3) is 0.950. The molecule has 1 atom stereocenters. The number of quaternary nitrogens is 1. The number of esters is 1. The Morgan fingerprint density at radius 3 is 1.16 bits per heavy atom. The largest absolute Gasteiger partial charge is 0.544 e. The monoisotopic (exact) mass is 638 g/mol. The van der Waals surface area contributed by atoms with Crippen LogP contribution >= 0.6 is 0 Å². The van der Waals surface area contributed by atoms with E-state index in [1.807, 2.05) is 14.1 Å². The summed E-state index contributed by atoms with van der Waals surface area (Å²) in [5, 5.41) is 11.2. The Morgan fingerprint density at radius 2 is 0.822 bits per heavy atom. The van der Waals surface area contributed by atoms with Crippen molar-refractivity contribution in [2.24, 2.45) is 0 Å². The summed E-state index contributed by atoms with van der Waals surface area (Å²) in [5.41, 5.74) is 0. The maximum atomic E-state index is 12.7. The van der Waals surface area contributed by atoms with Gasteiger partial charge in [0, 0.05) is 6.42 Å². The van der Waals surface area contributed by atoms with E-state index in [0.717, 1.165) is 32.1 Å². The lowest BCUT2D eigenvalue weighted by Crippen LogP contribution is -2.52. The first-order valence-corrected chi connectivity index (χ1v) is 20.0. The molecule has 0 aliphatic rings. The van der Waals surface area contributed by atoms with E-state index < -0.39 is 5.97 Å². The van der Waals surface area contributed by atoms with Gasteiger partial charge in [-0.05, 0) is 19.3 Å². The van der Waals surface area contributed by atoms with Gasteiger partial charge >= 0.3 is 5.97 Å². The quantitative estimate of drug-likeness (QED) is 0.0389. The van der Waals surface area contributed by atoms with Crippen LogP contribution in [0.4, 0.5) is 0 Å². The average Bonchev–Trinajstić information content (AvgIpc) is 2.98. The van der Waals surface area contributed by atoms with Gasteiger partial charge in [-0.15, -0.1) is 0 Å². The number of carboxylic acids is 1. The van der Waals surface area contributed by atoms with E-state index >= 15 is 0 Å². The third-order valence-electron chi connectivity index (χ3n) is 9.42. The molecule has 268 valence electrons. The molecular formula is C40H79NO4. The van der Waals surface area contributed by atoms with Gasteiger partial charge in [0.2, 0.25) is 0 Å². The molecule has 0 saturated carbocycles. The van der Waals surface area contributed by atoms with Crippen LogP contribution in [0.2, 0.25) is 0 Å². The van der Waals surface area contributed by atoms with E-state index in [1.54, 1.807) is 0 Å². The van der Waals surface area contributed by atoms with Crippen LogP contribution in [0.1, 0.15) is 213 Å². The second-order valence-corrected chi connectivity index (χ2v) is 14.8. The second kappa shape index (κ2) is 32.8. The lowest BCUT2D eigenvalue weighted by Gasteiger charge is -2.33. The number of ether oxygens (including phenoxy) is 1. The Hall–Kier alpha value is -1.10. The third kappa shape index (κ3) is 34.1. The van der Waals surface area contributed by atoms with Crippen LogP contribution in [0.5, 0.6) is 0 Å². The highest BCUT2D eigenvalue weighted by molar-refractivity contribution is 5.69. The fourth-order valence-electron chi connectivity index (χ4n) is 6.60.